The van der Waals surface area contributed by atoms with Crippen LogP contribution in [0.4, 0.5) is 16.2 Å². The monoisotopic (exact) mass is 450 g/mol. The third-order valence-electron chi connectivity index (χ3n) is 5.79. The summed E-state index contributed by atoms with van der Waals surface area (Å²) in [6.45, 7) is 2.90. The molecule has 0 radical (unpaired) electrons. The molecule has 2 aliphatic heterocycles. The third-order valence-corrected chi connectivity index (χ3v) is 6.29. The number of hydrogen-bond donors (Lipinski definition) is 3. The lowest BCUT2D eigenvalue weighted by Gasteiger charge is -2.34. The molecule has 0 aromatic heterocycles. The number of anilines is 2. The Labute approximate surface area is 171 Å². The number of amides is 4. The minimum absolute atomic E-state index is 0.0489. The van der Waals surface area contributed by atoms with Gasteiger partial charge >= 0.3 is 6.03 Å². The van der Waals surface area contributed by atoms with Gasteiger partial charge in [-0.3, -0.25) is 14.9 Å². The van der Waals surface area contributed by atoms with Crippen LogP contribution in [0.1, 0.15) is 25.7 Å². The standard InChI is InChI=1S/C19H23BrN4O4/c20-13-1-2-15(24-7-9-28-10-8-24)14(11-13)21-16(25)12-3-5-19(6-4-12)17(26)22-18(27)23-19/h1-2,11-12H,3-10H2,(H,21,25)(H2,22,23,26,27). The van der Waals surface area contributed by atoms with E-state index in [0.29, 0.717) is 38.9 Å². The summed E-state index contributed by atoms with van der Waals surface area (Å²) in [6.07, 6.45) is 2.05. The van der Waals surface area contributed by atoms with Crippen LogP contribution in [0.25, 0.3) is 0 Å². The van der Waals surface area contributed by atoms with E-state index in [-0.39, 0.29) is 17.7 Å². The summed E-state index contributed by atoms with van der Waals surface area (Å²) < 4.78 is 6.32. The molecule has 3 N–H and O–H groups in total. The molecule has 8 nitrogen and oxygen atoms in total. The highest BCUT2D eigenvalue weighted by Crippen LogP contribution is 2.36. The molecule has 2 saturated heterocycles. The Morgan fingerprint density at radius 3 is 2.57 bits per heavy atom. The number of carbonyl (C=O) groups excluding carboxylic acids is 3. The fourth-order valence-corrected chi connectivity index (χ4v) is 4.54. The van der Waals surface area contributed by atoms with E-state index in [0.717, 1.165) is 28.9 Å². The van der Waals surface area contributed by atoms with Gasteiger partial charge in [0.25, 0.3) is 5.91 Å². The molecule has 1 aromatic carbocycles. The van der Waals surface area contributed by atoms with Crippen LogP contribution >= 0.6 is 15.9 Å². The predicted octanol–water partition coefficient (Wildman–Crippen LogP) is 1.99. The van der Waals surface area contributed by atoms with Gasteiger partial charge in [-0.15, -0.1) is 0 Å². The average Bonchev–Trinajstić information content (AvgIpc) is 2.96. The first-order valence-corrected chi connectivity index (χ1v) is 10.3. The van der Waals surface area contributed by atoms with E-state index in [1.54, 1.807) is 0 Å². The summed E-state index contributed by atoms with van der Waals surface area (Å²) in [7, 11) is 0. The first kappa shape index (κ1) is 19.2. The van der Waals surface area contributed by atoms with Crippen molar-refractivity contribution in [2.24, 2.45) is 5.92 Å². The van der Waals surface area contributed by atoms with Crippen molar-refractivity contribution in [1.29, 1.82) is 0 Å². The number of benzene rings is 1. The lowest BCUT2D eigenvalue weighted by molar-refractivity contribution is -0.128. The minimum Gasteiger partial charge on any atom is -0.378 e. The normalized spacial score (nSPS) is 27.5. The van der Waals surface area contributed by atoms with Crippen LogP contribution in [0.15, 0.2) is 22.7 Å². The maximum atomic E-state index is 12.9. The molecule has 4 amide bonds. The lowest BCUT2D eigenvalue weighted by atomic mass is 9.76. The van der Waals surface area contributed by atoms with Gasteiger partial charge in [0.15, 0.2) is 0 Å². The Hall–Kier alpha value is -2.13. The van der Waals surface area contributed by atoms with Crippen molar-refractivity contribution in [3.8, 4) is 0 Å². The number of urea groups is 1. The number of nitrogens with zero attached hydrogens (tertiary/aromatic N) is 1. The van der Waals surface area contributed by atoms with Crippen molar-refractivity contribution in [2.75, 3.05) is 36.5 Å². The zero-order valence-corrected chi connectivity index (χ0v) is 17.0. The van der Waals surface area contributed by atoms with Crippen LogP contribution in [0.5, 0.6) is 0 Å². The van der Waals surface area contributed by atoms with Crippen molar-refractivity contribution in [2.45, 2.75) is 31.2 Å². The highest BCUT2D eigenvalue weighted by Gasteiger charge is 2.48. The van der Waals surface area contributed by atoms with Crippen LogP contribution < -0.4 is 20.9 Å². The van der Waals surface area contributed by atoms with E-state index in [1.165, 1.54) is 0 Å². The van der Waals surface area contributed by atoms with E-state index >= 15 is 0 Å². The summed E-state index contributed by atoms with van der Waals surface area (Å²) in [5, 5.41) is 8.11. The molecular formula is C19H23BrN4O4. The summed E-state index contributed by atoms with van der Waals surface area (Å²) >= 11 is 3.48. The van der Waals surface area contributed by atoms with E-state index in [9.17, 15) is 14.4 Å². The largest absolute Gasteiger partial charge is 0.378 e. The first-order chi connectivity index (χ1) is 13.5. The summed E-state index contributed by atoms with van der Waals surface area (Å²) in [4.78, 5) is 38.6. The van der Waals surface area contributed by atoms with Crippen LogP contribution in [0.3, 0.4) is 0 Å². The Morgan fingerprint density at radius 1 is 1.21 bits per heavy atom. The number of halogens is 1. The average molecular weight is 451 g/mol. The third kappa shape index (κ3) is 3.73. The SMILES string of the molecule is O=C1NC(=O)C2(CCC(C(=O)Nc3cc(Br)ccc3N3CCOCC3)CC2)N1. The molecule has 1 aromatic rings. The molecule has 0 bridgehead atoms. The van der Waals surface area contributed by atoms with Gasteiger partial charge in [-0.1, -0.05) is 15.9 Å². The van der Waals surface area contributed by atoms with Crippen molar-refractivity contribution < 1.29 is 19.1 Å². The second-order valence-electron chi connectivity index (χ2n) is 7.51. The predicted molar refractivity (Wildman–Crippen MR) is 107 cm³/mol. The zero-order valence-electron chi connectivity index (χ0n) is 15.4. The maximum Gasteiger partial charge on any atom is 0.322 e. The fourth-order valence-electron chi connectivity index (χ4n) is 4.18. The minimum atomic E-state index is -0.845. The van der Waals surface area contributed by atoms with Crippen LogP contribution in [-0.2, 0) is 14.3 Å². The van der Waals surface area contributed by atoms with Gasteiger partial charge in [-0.05, 0) is 43.9 Å². The van der Waals surface area contributed by atoms with Crippen LogP contribution in [0.2, 0.25) is 0 Å². The first-order valence-electron chi connectivity index (χ1n) is 9.54. The van der Waals surface area contributed by atoms with Gasteiger partial charge in [0.2, 0.25) is 5.91 Å². The van der Waals surface area contributed by atoms with Crippen LogP contribution in [-0.4, -0.2) is 49.7 Å². The Bertz CT molecular complexity index is 801. The molecule has 1 saturated carbocycles. The molecule has 3 aliphatic rings. The summed E-state index contributed by atoms with van der Waals surface area (Å²) in [5.41, 5.74) is 0.908. The van der Waals surface area contributed by atoms with E-state index in [4.69, 9.17) is 4.74 Å². The van der Waals surface area contributed by atoms with Gasteiger partial charge in [-0.2, -0.15) is 0 Å². The second-order valence-corrected chi connectivity index (χ2v) is 8.43. The van der Waals surface area contributed by atoms with Gasteiger partial charge in [0, 0.05) is 23.5 Å². The quantitative estimate of drug-likeness (QED) is 0.611. The van der Waals surface area contributed by atoms with Gasteiger partial charge in [-0.25, -0.2) is 4.79 Å². The zero-order chi connectivity index (χ0) is 19.7. The Balaban J connectivity index is 1.44. The van der Waals surface area contributed by atoms with Crippen molar-refractivity contribution in [3.63, 3.8) is 0 Å². The van der Waals surface area contributed by atoms with Crippen molar-refractivity contribution in [1.82, 2.24) is 10.6 Å². The molecule has 0 atom stereocenters. The number of ether oxygens (including phenoxy) is 1. The Kier molecular flexibility index (Phi) is 5.29. The number of rotatable bonds is 3. The highest BCUT2D eigenvalue weighted by atomic mass is 79.9. The molecule has 28 heavy (non-hydrogen) atoms. The molecule has 9 heteroatoms. The molecular weight excluding hydrogens is 428 g/mol. The lowest BCUT2D eigenvalue weighted by Crippen LogP contribution is -2.50. The summed E-state index contributed by atoms with van der Waals surface area (Å²) in [5.74, 6) is -0.516. The van der Waals surface area contributed by atoms with Crippen molar-refractivity contribution in [3.05, 3.63) is 22.7 Å². The molecule has 1 aliphatic carbocycles. The fraction of sp³-hybridized carbons (Fsp3) is 0.526. The number of imide groups is 1. The van der Waals surface area contributed by atoms with Gasteiger partial charge in [0.1, 0.15) is 5.54 Å². The van der Waals surface area contributed by atoms with Crippen molar-refractivity contribution >= 4 is 45.2 Å². The smallest absolute Gasteiger partial charge is 0.322 e. The summed E-state index contributed by atoms with van der Waals surface area (Å²) in [6, 6.07) is 5.43. The molecule has 150 valence electrons. The highest BCUT2D eigenvalue weighted by molar-refractivity contribution is 9.10. The second kappa shape index (κ2) is 7.71. The molecule has 3 fully saturated rings. The number of nitrogens with one attached hydrogen (secondary N) is 3. The molecule has 1 spiro atoms. The number of morpholine rings is 1. The van der Waals surface area contributed by atoms with E-state index in [1.807, 2.05) is 18.2 Å². The topological polar surface area (TPSA) is 99.8 Å². The van der Waals surface area contributed by atoms with E-state index < -0.39 is 11.6 Å². The van der Waals surface area contributed by atoms with Gasteiger partial charge in [0.05, 0.1) is 24.6 Å². The molecule has 2 heterocycles. The van der Waals surface area contributed by atoms with Crippen LogP contribution in [0, 0.1) is 5.92 Å². The van der Waals surface area contributed by atoms with E-state index in [2.05, 4.69) is 36.8 Å². The maximum absolute atomic E-state index is 12.9. The number of carbonyl (C=O) groups is 3. The van der Waals surface area contributed by atoms with Gasteiger partial charge < -0.3 is 20.3 Å². The number of hydrogen-bond acceptors (Lipinski definition) is 5. The molecule has 4 rings (SSSR count). The Morgan fingerprint density at radius 2 is 1.93 bits per heavy atom. The molecule has 0 unspecified atom stereocenters.